The van der Waals surface area contributed by atoms with E-state index in [1.54, 1.807) is 14.2 Å². The van der Waals surface area contributed by atoms with Gasteiger partial charge in [-0.25, -0.2) is 0 Å². The van der Waals surface area contributed by atoms with Crippen LogP contribution in [0.4, 0.5) is 0 Å². The van der Waals surface area contributed by atoms with Gasteiger partial charge >= 0.3 is 0 Å². The molecule has 0 spiro atoms. The fourth-order valence-corrected chi connectivity index (χ4v) is 2.88. The minimum Gasteiger partial charge on any atom is -0.385 e. The summed E-state index contributed by atoms with van der Waals surface area (Å²) in [5.74, 6) is 1.78. The van der Waals surface area contributed by atoms with Crippen molar-refractivity contribution in [3.05, 3.63) is 0 Å². The van der Waals surface area contributed by atoms with E-state index < -0.39 is 0 Å². The molecule has 0 bridgehead atoms. The molecule has 3 nitrogen and oxygen atoms in total. The van der Waals surface area contributed by atoms with Crippen LogP contribution in [0, 0.1) is 11.8 Å². The van der Waals surface area contributed by atoms with E-state index in [4.69, 9.17) is 9.47 Å². The molecule has 1 atom stereocenters. The summed E-state index contributed by atoms with van der Waals surface area (Å²) in [5.41, 5.74) is 0. The normalized spacial score (nSPS) is 18.7. The third-order valence-corrected chi connectivity index (χ3v) is 3.88. The van der Waals surface area contributed by atoms with E-state index in [2.05, 4.69) is 5.32 Å². The topological polar surface area (TPSA) is 30.5 Å². The SMILES string of the molecule is COCCCC(CNCCOC)C1CCCC1. The van der Waals surface area contributed by atoms with Crippen LogP contribution >= 0.6 is 0 Å². The first-order valence-corrected chi connectivity index (χ1v) is 7.07. The molecule has 1 fully saturated rings. The second kappa shape index (κ2) is 9.86. The van der Waals surface area contributed by atoms with E-state index in [1.807, 2.05) is 0 Å². The standard InChI is InChI=1S/C14H29NO2/c1-16-10-5-8-14(12-15-9-11-17-2)13-6-3-4-7-13/h13-15H,3-12H2,1-2H3. The molecule has 0 heterocycles. The van der Waals surface area contributed by atoms with Gasteiger partial charge in [0.2, 0.25) is 0 Å². The van der Waals surface area contributed by atoms with Gasteiger partial charge in [0.1, 0.15) is 0 Å². The highest BCUT2D eigenvalue weighted by atomic mass is 16.5. The molecule has 0 aliphatic heterocycles. The summed E-state index contributed by atoms with van der Waals surface area (Å²) >= 11 is 0. The number of rotatable bonds is 10. The predicted molar refractivity (Wildman–Crippen MR) is 71.3 cm³/mol. The number of hydrogen-bond donors (Lipinski definition) is 1. The summed E-state index contributed by atoms with van der Waals surface area (Å²) in [6, 6.07) is 0. The quantitative estimate of drug-likeness (QED) is 0.598. The van der Waals surface area contributed by atoms with Crippen molar-refractivity contribution >= 4 is 0 Å². The Kier molecular flexibility index (Phi) is 8.67. The van der Waals surface area contributed by atoms with E-state index in [0.29, 0.717) is 0 Å². The number of methoxy groups -OCH3 is 2. The lowest BCUT2D eigenvalue weighted by molar-refractivity contribution is 0.174. The Morgan fingerprint density at radius 2 is 1.82 bits per heavy atom. The molecule has 1 unspecified atom stereocenters. The van der Waals surface area contributed by atoms with Crippen LogP contribution in [-0.2, 0) is 9.47 Å². The summed E-state index contributed by atoms with van der Waals surface area (Å²) in [5, 5.41) is 3.52. The van der Waals surface area contributed by atoms with Crippen LogP contribution in [0.25, 0.3) is 0 Å². The maximum atomic E-state index is 5.16. The van der Waals surface area contributed by atoms with Gasteiger partial charge in [-0.3, -0.25) is 0 Å². The Morgan fingerprint density at radius 3 is 2.47 bits per heavy atom. The van der Waals surface area contributed by atoms with Crippen LogP contribution in [0.2, 0.25) is 0 Å². The summed E-state index contributed by atoms with van der Waals surface area (Å²) in [7, 11) is 3.55. The summed E-state index contributed by atoms with van der Waals surface area (Å²) in [4.78, 5) is 0. The minimum absolute atomic E-state index is 0.815. The van der Waals surface area contributed by atoms with Gasteiger partial charge in [0.15, 0.2) is 0 Å². The lowest BCUT2D eigenvalue weighted by Crippen LogP contribution is -2.30. The summed E-state index contributed by atoms with van der Waals surface area (Å²) in [6.07, 6.45) is 8.24. The second-order valence-electron chi connectivity index (χ2n) is 5.14. The molecule has 0 aromatic rings. The Balaban J connectivity index is 2.20. The predicted octanol–water partition coefficient (Wildman–Crippen LogP) is 2.46. The molecule has 1 N–H and O–H groups in total. The number of ether oxygens (including phenoxy) is 2. The molecule has 0 saturated heterocycles. The largest absolute Gasteiger partial charge is 0.385 e. The minimum atomic E-state index is 0.815. The molecule has 0 aromatic carbocycles. The molecule has 3 heteroatoms. The zero-order chi connectivity index (χ0) is 12.3. The molecule has 17 heavy (non-hydrogen) atoms. The first-order chi connectivity index (χ1) is 8.38. The second-order valence-corrected chi connectivity index (χ2v) is 5.14. The Hall–Kier alpha value is -0.120. The van der Waals surface area contributed by atoms with Gasteiger partial charge in [-0.15, -0.1) is 0 Å². The van der Waals surface area contributed by atoms with Crippen LogP contribution < -0.4 is 5.32 Å². The molecule has 1 aliphatic rings. The zero-order valence-corrected chi connectivity index (χ0v) is 11.5. The molecular formula is C14H29NO2. The Bertz CT molecular complexity index is 170. The summed E-state index contributed by atoms with van der Waals surface area (Å²) in [6.45, 7) is 3.85. The molecular weight excluding hydrogens is 214 g/mol. The first-order valence-electron chi connectivity index (χ1n) is 7.07. The van der Waals surface area contributed by atoms with Crippen LogP contribution in [0.1, 0.15) is 38.5 Å². The fourth-order valence-electron chi connectivity index (χ4n) is 2.88. The Labute approximate surface area is 106 Å². The summed E-state index contributed by atoms with van der Waals surface area (Å²) < 4.78 is 10.2. The van der Waals surface area contributed by atoms with Crippen molar-refractivity contribution in [2.75, 3.05) is 40.5 Å². The molecule has 0 amide bonds. The van der Waals surface area contributed by atoms with Crippen molar-refractivity contribution in [2.24, 2.45) is 11.8 Å². The lowest BCUT2D eigenvalue weighted by Gasteiger charge is -2.23. The van der Waals surface area contributed by atoms with Gasteiger partial charge in [0, 0.05) is 27.4 Å². The van der Waals surface area contributed by atoms with Gasteiger partial charge in [-0.2, -0.15) is 0 Å². The molecule has 0 radical (unpaired) electrons. The van der Waals surface area contributed by atoms with Crippen LogP contribution in [0.5, 0.6) is 0 Å². The lowest BCUT2D eigenvalue weighted by atomic mass is 9.87. The molecule has 1 saturated carbocycles. The van der Waals surface area contributed by atoms with Crippen molar-refractivity contribution in [3.63, 3.8) is 0 Å². The third-order valence-electron chi connectivity index (χ3n) is 3.88. The van der Waals surface area contributed by atoms with Crippen LogP contribution in [-0.4, -0.2) is 40.5 Å². The van der Waals surface area contributed by atoms with Crippen molar-refractivity contribution < 1.29 is 9.47 Å². The molecule has 1 aliphatic carbocycles. The van der Waals surface area contributed by atoms with Gasteiger partial charge in [0.25, 0.3) is 0 Å². The average molecular weight is 243 g/mol. The van der Waals surface area contributed by atoms with E-state index in [0.717, 1.165) is 38.1 Å². The molecule has 1 rings (SSSR count). The maximum Gasteiger partial charge on any atom is 0.0587 e. The molecule has 102 valence electrons. The van der Waals surface area contributed by atoms with Crippen LogP contribution in [0.3, 0.4) is 0 Å². The monoisotopic (exact) mass is 243 g/mol. The van der Waals surface area contributed by atoms with Crippen molar-refractivity contribution in [3.8, 4) is 0 Å². The fraction of sp³-hybridized carbons (Fsp3) is 1.00. The van der Waals surface area contributed by atoms with Crippen molar-refractivity contribution in [1.29, 1.82) is 0 Å². The van der Waals surface area contributed by atoms with E-state index in [-0.39, 0.29) is 0 Å². The average Bonchev–Trinajstić information content (AvgIpc) is 2.86. The van der Waals surface area contributed by atoms with E-state index in [9.17, 15) is 0 Å². The highest BCUT2D eigenvalue weighted by Gasteiger charge is 2.24. The van der Waals surface area contributed by atoms with Gasteiger partial charge in [-0.05, 0) is 31.2 Å². The number of nitrogens with one attached hydrogen (secondary N) is 1. The first kappa shape index (κ1) is 14.9. The Morgan fingerprint density at radius 1 is 1.12 bits per heavy atom. The van der Waals surface area contributed by atoms with Gasteiger partial charge < -0.3 is 14.8 Å². The van der Waals surface area contributed by atoms with Crippen LogP contribution in [0.15, 0.2) is 0 Å². The third kappa shape index (κ3) is 6.39. The van der Waals surface area contributed by atoms with E-state index in [1.165, 1.54) is 38.5 Å². The van der Waals surface area contributed by atoms with Gasteiger partial charge in [-0.1, -0.05) is 25.7 Å². The highest BCUT2D eigenvalue weighted by molar-refractivity contribution is 4.77. The maximum absolute atomic E-state index is 5.16. The molecule has 0 aromatic heterocycles. The van der Waals surface area contributed by atoms with Gasteiger partial charge in [0.05, 0.1) is 6.61 Å². The highest BCUT2D eigenvalue weighted by Crippen LogP contribution is 2.33. The number of hydrogen-bond acceptors (Lipinski definition) is 3. The van der Waals surface area contributed by atoms with Crippen molar-refractivity contribution in [1.82, 2.24) is 5.32 Å². The zero-order valence-electron chi connectivity index (χ0n) is 11.5. The smallest absolute Gasteiger partial charge is 0.0587 e. The van der Waals surface area contributed by atoms with E-state index >= 15 is 0 Å². The van der Waals surface area contributed by atoms with Crippen molar-refractivity contribution in [2.45, 2.75) is 38.5 Å².